The van der Waals surface area contributed by atoms with E-state index in [2.05, 4.69) is 10.6 Å². The lowest BCUT2D eigenvalue weighted by Crippen LogP contribution is -2.30. The van der Waals surface area contributed by atoms with Gasteiger partial charge in [0.25, 0.3) is 5.91 Å². The van der Waals surface area contributed by atoms with Crippen LogP contribution in [-0.4, -0.2) is 26.0 Å². The minimum absolute atomic E-state index is 0. The van der Waals surface area contributed by atoms with Crippen molar-refractivity contribution in [1.82, 2.24) is 10.6 Å². The molecule has 8 heteroatoms. The van der Waals surface area contributed by atoms with Crippen molar-refractivity contribution in [2.75, 3.05) is 20.1 Å². The van der Waals surface area contributed by atoms with Gasteiger partial charge >= 0.3 is 6.18 Å². The summed E-state index contributed by atoms with van der Waals surface area (Å²) < 4.78 is 50.2. The van der Waals surface area contributed by atoms with E-state index < -0.39 is 23.5 Å². The van der Waals surface area contributed by atoms with Gasteiger partial charge in [-0.1, -0.05) is 0 Å². The zero-order chi connectivity index (χ0) is 13.8. The first-order valence-corrected chi connectivity index (χ1v) is 5.16. The molecule has 0 radical (unpaired) electrons. The largest absolute Gasteiger partial charge is 0.419 e. The van der Waals surface area contributed by atoms with E-state index in [1.165, 1.54) is 0 Å². The third-order valence-corrected chi connectivity index (χ3v) is 2.19. The van der Waals surface area contributed by atoms with Crippen LogP contribution in [0, 0.1) is 5.82 Å². The number of alkyl halides is 3. The summed E-state index contributed by atoms with van der Waals surface area (Å²) in [5.74, 6) is -2.06. The van der Waals surface area contributed by atoms with Gasteiger partial charge in [0, 0.05) is 18.7 Å². The second-order valence-corrected chi connectivity index (χ2v) is 3.55. The highest BCUT2D eigenvalue weighted by Crippen LogP contribution is 2.31. The molecule has 0 aliphatic heterocycles. The molecule has 0 atom stereocenters. The Morgan fingerprint density at radius 2 is 1.89 bits per heavy atom. The molecule has 1 aromatic carbocycles. The molecule has 0 aliphatic carbocycles. The number of halogens is 5. The van der Waals surface area contributed by atoms with Crippen molar-refractivity contribution in [2.24, 2.45) is 0 Å². The maximum Gasteiger partial charge on any atom is 0.419 e. The highest BCUT2D eigenvalue weighted by atomic mass is 35.5. The van der Waals surface area contributed by atoms with Gasteiger partial charge in [0.15, 0.2) is 0 Å². The maximum atomic E-state index is 13.0. The first-order chi connectivity index (χ1) is 8.36. The van der Waals surface area contributed by atoms with Crippen LogP contribution in [0.2, 0.25) is 0 Å². The van der Waals surface area contributed by atoms with Crippen LogP contribution in [0.15, 0.2) is 18.2 Å². The van der Waals surface area contributed by atoms with Gasteiger partial charge in [0.2, 0.25) is 0 Å². The lowest BCUT2D eigenvalue weighted by molar-refractivity contribution is -0.140. The van der Waals surface area contributed by atoms with E-state index >= 15 is 0 Å². The summed E-state index contributed by atoms with van der Waals surface area (Å²) in [6.07, 6.45) is -4.81. The summed E-state index contributed by atoms with van der Waals surface area (Å²) in [5, 5.41) is 5.17. The number of carbonyl (C=O) groups excluding carboxylic acids is 1. The molecule has 1 rings (SSSR count). The fourth-order valence-corrected chi connectivity index (χ4v) is 1.29. The van der Waals surface area contributed by atoms with E-state index in [-0.39, 0.29) is 24.5 Å². The molecular formula is C11H13ClF4N2O. The van der Waals surface area contributed by atoms with Gasteiger partial charge in [0.05, 0.1) is 5.56 Å². The van der Waals surface area contributed by atoms with Gasteiger partial charge in [0.1, 0.15) is 5.82 Å². The second kappa shape index (κ2) is 7.30. The Morgan fingerprint density at radius 3 is 2.42 bits per heavy atom. The lowest BCUT2D eigenvalue weighted by atomic mass is 10.1. The Hall–Kier alpha value is -1.34. The van der Waals surface area contributed by atoms with Crippen molar-refractivity contribution >= 4 is 18.3 Å². The SMILES string of the molecule is CNCCNC(=O)c1ccc(F)c(C(F)(F)F)c1.Cl. The molecule has 1 amide bonds. The first-order valence-electron chi connectivity index (χ1n) is 5.16. The zero-order valence-corrected chi connectivity index (χ0v) is 10.8. The van der Waals surface area contributed by atoms with Crippen molar-refractivity contribution in [3.05, 3.63) is 35.1 Å². The average molecular weight is 301 g/mol. The summed E-state index contributed by atoms with van der Waals surface area (Å²) in [7, 11) is 1.67. The van der Waals surface area contributed by atoms with E-state index in [1.54, 1.807) is 7.05 Å². The van der Waals surface area contributed by atoms with Gasteiger partial charge < -0.3 is 10.6 Å². The molecule has 3 nitrogen and oxygen atoms in total. The molecular weight excluding hydrogens is 288 g/mol. The first kappa shape index (κ1) is 17.7. The molecule has 2 N–H and O–H groups in total. The summed E-state index contributed by atoms with van der Waals surface area (Å²) in [4.78, 5) is 11.5. The molecule has 19 heavy (non-hydrogen) atoms. The van der Waals surface area contributed by atoms with Crippen LogP contribution in [0.3, 0.4) is 0 Å². The van der Waals surface area contributed by atoms with Crippen molar-refractivity contribution in [3.63, 3.8) is 0 Å². The standard InChI is InChI=1S/C11H12F4N2O.ClH/c1-16-4-5-17-10(18)7-2-3-9(12)8(6-7)11(13,14)15;/h2-3,6,16H,4-5H2,1H3,(H,17,18);1H. The van der Waals surface area contributed by atoms with Crippen LogP contribution in [0.1, 0.15) is 15.9 Å². The molecule has 0 aromatic heterocycles. The minimum atomic E-state index is -4.81. The molecule has 108 valence electrons. The smallest absolute Gasteiger partial charge is 0.351 e. The van der Waals surface area contributed by atoms with Crippen LogP contribution in [-0.2, 0) is 6.18 Å². The number of carbonyl (C=O) groups is 1. The molecule has 0 bridgehead atoms. The Labute approximate surface area is 113 Å². The quantitative estimate of drug-likeness (QED) is 0.661. The Morgan fingerprint density at radius 1 is 1.26 bits per heavy atom. The number of nitrogens with one attached hydrogen (secondary N) is 2. The van der Waals surface area contributed by atoms with Crippen molar-refractivity contribution in [1.29, 1.82) is 0 Å². The highest BCUT2D eigenvalue weighted by Gasteiger charge is 2.34. The second-order valence-electron chi connectivity index (χ2n) is 3.55. The lowest BCUT2D eigenvalue weighted by Gasteiger charge is -2.10. The van der Waals surface area contributed by atoms with Gasteiger partial charge in [-0.3, -0.25) is 4.79 Å². The molecule has 1 aromatic rings. The van der Waals surface area contributed by atoms with Gasteiger partial charge in [-0.15, -0.1) is 12.4 Å². The Kier molecular flexibility index (Phi) is 6.78. The fourth-order valence-electron chi connectivity index (χ4n) is 1.29. The molecule has 0 heterocycles. The number of rotatable bonds is 4. The van der Waals surface area contributed by atoms with Gasteiger partial charge in [-0.25, -0.2) is 4.39 Å². The third-order valence-electron chi connectivity index (χ3n) is 2.19. The molecule has 0 spiro atoms. The summed E-state index contributed by atoms with van der Waals surface area (Å²) >= 11 is 0. The predicted molar refractivity (Wildman–Crippen MR) is 64.9 cm³/mol. The normalized spacial score (nSPS) is 10.8. The van der Waals surface area contributed by atoms with E-state index in [4.69, 9.17) is 0 Å². The average Bonchev–Trinajstić information content (AvgIpc) is 2.28. The molecule has 0 aliphatic rings. The summed E-state index contributed by atoms with van der Waals surface area (Å²) in [6.45, 7) is 0.757. The van der Waals surface area contributed by atoms with Crippen molar-refractivity contribution in [2.45, 2.75) is 6.18 Å². The van der Waals surface area contributed by atoms with Crippen LogP contribution in [0.25, 0.3) is 0 Å². The zero-order valence-electron chi connectivity index (χ0n) is 9.97. The minimum Gasteiger partial charge on any atom is -0.351 e. The maximum absolute atomic E-state index is 13.0. The van der Waals surface area contributed by atoms with E-state index in [9.17, 15) is 22.4 Å². The summed E-state index contributed by atoms with van der Waals surface area (Å²) in [6, 6.07) is 2.15. The Balaban J connectivity index is 0.00000324. The van der Waals surface area contributed by atoms with Crippen molar-refractivity contribution in [3.8, 4) is 0 Å². The number of amides is 1. The van der Waals surface area contributed by atoms with Gasteiger partial charge in [-0.05, 0) is 25.2 Å². The monoisotopic (exact) mass is 300 g/mol. The molecule has 0 saturated carbocycles. The molecule has 0 fully saturated rings. The number of hydrogen-bond acceptors (Lipinski definition) is 2. The van der Waals surface area contributed by atoms with Gasteiger partial charge in [-0.2, -0.15) is 13.2 Å². The van der Waals surface area contributed by atoms with E-state index in [0.717, 1.165) is 6.07 Å². The molecule has 0 saturated heterocycles. The highest BCUT2D eigenvalue weighted by molar-refractivity contribution is 5.94. The third kappa shape index (κ3) is 5.04. The summed E-state index contributed by atoms with van der Waals surface area (Å²) in [5.41, 5.74) is -1.66. The predicted octanol–water partition coefficient (Wildman–Crippen LogP) is 2.22. The Bertz CT molecular complexity index is 437. The topological polar surface area (TPSA) is 41.1 Å². The van der Waals surface area contributed by atoms with E-state index in [0.29, 0.717) is 18.7 Å². The van der Waals surface area contributed by atoms with Crippen LogP contribution in [0.4, 0.5) is 17.6 Å². The van der Waals surface area contributed by atoms with Crippen molar-refractivity contribution < 1.29 is 22.4 Å². The van der Waals surface area contributed by atoms with Crippen LogP contribution >= 0.6 is 12.4 Å². The number of likely N-dealkylation sites (N-methyl/N-ethyl adjacent to an activating group) is 1. The number of benzene rings is 1. The van der Waals surface area contributed by atoms with Crippen LogP contribution in [0.5, 0.6) is 0 Å². The van der Waals surface area contributed by atoms with E-state index in [1.807, 2.05) is 0 Å². The number of hydrogen-bond donors (Lipinski definition) is 2. The fraction of sp³-hybridized carbons (Fsp3) is 0.364. The molecule has 0 unspecified atom stereocenters. The van der Waals surface area contributed by atoms with Crippen LogP contribution < -0.4 is 10.6 Å².